The van der Waals surface area contributed by atoms with Crippen molar-refractivity contribution in [2.45, 2.75) is 0 Å². The Labute approximate surface area is 166 Å². The maximum Gasteiger partial charge on any atom is 0.371 e. The predicted molar refractivity (Wildman–Crippen MR) is 106 cm³/mol. The molecule has 1 heterocycles. The summed E-state index contributed by atoms with van der Waals surface area (Å²) in [6.45, 7) is 0. The molecule has 3 rings (SSSR count). The number of carbonyl (C=O) groups is 2. The van der Waals surface area contributed by atoms with E-state index in [1.807, 2.05) is 0 Å². The van der Waals surface area contributed by atoms with Gasteiger partial charge in [0, 0.05) is 11.1 Å². The molecule has 0 aliphatic carbocycles. The van der Waals surface area contributed by atoms with Gasteiger partial charge in [0.15, 0.2) is 17.3 Å². The molecule has 1 aromatic heterocycles. The molecule has 148 valence electrons. The highest BCUT2D eigenvalue weighted by Gasteiger charge is 2.12. The standard InChI is InChI=1S/C22H18O7/c1-27-19-11-13(12-20(28-2)21(19)24)3-8-16(23)14-4-6-15(7-5-14)17-9-10-18(29-17)22(25)26/h3-12,24H,1-2H3,(H,25,26)/b8-3+. The summed E-state index contributed by atoms with van der Waals surface area (Å²) in [5.41, 5.74) is 1.73. The molecule has 7 nitrogen and oxygen atoms in total. The van der Waals surface area contributed by atoms with Crippen molar-refractivity contribution in [2.24, 2.45) is 0 Å². The van der Waals surface area contributed by atoms with Crippen LogP contribution in [0.25, 0.3) is 17.4 Å². The lowest BCUT2D eigenvalue weighted by Crippen LogP contribution is -1.94. The van der Waals surface area contributed by atoms with Crippen LogP contribution in [0.3, 0.4) is 0 Å². The maximum atomic E-state index is 12.4. The van der Waals surface area contributed by atoms with Gasteiger partial charge in [-0.25, -0.2) is 4.79 Å². The SMILES string of the molecule is COc1cc(/C=C/C(=O)c2ccc(-c3ccc(C(=O)O)o3)cc2)cc(OC)c1O. The van der Waals surface area contributed by atoms with Crippen molar-refractivity contribution in [1.82, 2.24) is 0 Å². The average molecular weight is 394 g/mol. The number of aromatic carboxylic acids is 1. The van der Waals surface area contributed by atoms with Gasteiger partial charge in [-0.2, -0.15) is 0 Å². The number of hydrogen-bond donors (Lipinski definition) is 2. The summed E-state index contributed by atoms with van der Waals surface area (Å²) >= 11 is 0. The third-order valence-electron chi connectivity index (χ3n) is 4.20. The van der Waals surface area contributed by atoms with Gasteiger partial charge in [0.2, 0.25) is 11.5 Å². The smallest absolute Gasteiger partial charge is 0.371 e. The number of ketones is 1. The number of carboxylic acid groups (broad SMARTS) is 1. The summed E-state index contributed by atoms with van der Waals surface area (Å²) in [5.74, 6) is -0.759. The minimum absolute atomic E-state index is 0.113. The summed E-state index contributed by atoms with van der Waals surface area (Å²) in [7, 11) is 2.85. The van der Waals surface area contributed by atoms with Crippen LogP contribution in [0.15, 0.2) is 59.0 Å². The second-order valence-corrected chi connectivity index (χ2v) is 6.02. The molecule has 0 saturated carbocycles. The van der Waals surface area contributed by atoms with E-state index in [9.17, 15) is 14.7 Å². The third-order valence-corrected chi connectivity index (χ3v) is 4.20. The molecule has 0 bridgehead atoms. The zero-order chi connectivity index (χ0) is 21.0. The lowest BCUT2D eigenvalue weighted by molar-refractivity contribution is 0.0663. The molecule has 29 heavy (non-hydrogen) atoms. The normalized spacial score (nSPS) is 10.8. The van der Waals surface area contributed by atoms with Gasteiger partial charge in [-0.15, -0.1) is 0 Å². The van der Waals surface area contributed by atoms with E-state index in [1.165, 1.54) is 26.4 Å². The van der Waals surface area contributed by atoms with E-state index < -0.39 is 5.97 Å². The summed E-state index contributed by atoms with van der Waals surface area (Å²) in [6, 6.07) is 12.7. The number of furan rings is 1. The van der Waals surface area contributed by atoms with Crippen LogP contribution in [0.2, 0.25) is 0 Å². The Hall–Kier alpha value is -4.00. The summed E-state index contributed by atoms with van der Waals surface area (Å²) < 4.78 is 15.4. The van der Waals surface area contributed by atoms with E-state index in [0.717, 1.165) is 0 Å². The fourth-order valence-electron chi connectivity index (χ4n) is 2.68. The Morgan fingerprint density at radius 2 is 1.59 bits per heavy atom. The first-order chi connectivity index (χ1) is 13.9. The van der Waals surface area contributed by atoms with Crippen molar-refractivity contribution in [3.8, 4) is 28.6 Å². The van der Waals surface area contributed by atoms with Crippen molar-refractivity contribution in [3.05, 3.63) is 71.5 Å². The Kier molecular flexibility index (Phi) is 5.69. The summed E-state index contributed by atoms with van der Waals surface area (Å²) in [6.07, 6.45) is 2.99. The van der Waals surface area contributed by atoms with Crippen LogP contribution in [-0.4, -0.2) is 36.2 Å². The number of phenolic OH excluding ortho intramolecular Hbond substituents is 1. The molecule has 0 fully saturated rings. The lowest BCUT2D eigenvalue weighted by Gasteiger charge is -2.09. The molecule has 0 aliphatic heterocycles. The van der Waals surface area contributed by atoms with Crippen LogP contribution in [0.4, 0.5) is 0 Å². The van der Waals surface area contributed by atoms with Crippen LogP contribution in [-0.2, 0) is 0 Å². The number of phenols is 1. The number of aromatic hydroxyl groups is 1. The molecule has 0 aliphatic rings. The Morgan fingerprint density at radius 3 is 2.10 bits per heavy atom. The fraction of sp³-hybridized carbons (Fsp3) is 0.0909. The number of carboxylic acids is 1. The highest BCUT2D eigenvalue weighted by atomic mass is 16.5. The van der Waals surface area contributed by atoms with Crippen LogP contribution >= 0.6 is 0 Å². The van der Waals surface area contributed by atoms with Crippen LogP contribution < -0.4 is 9.47 Å². The molecule has 2 aromatic carbocycles. The summed E-state index contributed by atoms with van der Waals surface area (Å²) in [5, 5.41) is 18.9. The highest BCUT2D eigenvalue weighted by Crippen LogP contribution is 2.37. The molecular formula is C22H18O7. The fourth-order valence-corrected chi connectivity index (χ4v) is 2.68. The van der Waals surface area contributed by atoms with Gasteiger partial charge in [0.25, 0.3) is 0 Å². The molecule has 0 spiro atoms. The second kappa shape index (κ2) is 8.35. The van der Waals surface area contributed by atoms with Gasteiger partial charge in [0.05, 0.1) is 14.2 Å². The Balaban J connectivity index is 1.78. The van der Waals surface area contributed by atoms with Crippen molar-refractivity contribution < 1.29 is 33.7 Å². The lowest BCUT2D eigenvalue weighted by atomic mass is 10.1. The zero-order valence-corrected chi connectivity index (χ0v) is 15.7. The highest BCUT2D eigenvalue weighted by molar-refractivity contribution is 6.07. The topological polar surface area (TPSA) is 106 Å². The number of ether oxygens (including phenoxy) is 2. The van der Waals surface area contributed by atoms with Crippen molar-refractivity contribution >= 4 is 17.8 Å². The first kappa shape index (κ1) is 19.8. The molecule has 7 heteroatoms. The minimum atomic E-state index is -1.14. The molecule has 0 saturated heterocycles. The number of hydrogen-bond acceptors (Lipinski definition) is 6. The van der Waals surface area contributed by atoms with E-state index in [2.05, 4.69) is 0 Å². The molecule has 0 atom stereocenters. The Morgan fingerprint density at radius 1 is 0.966 bits per heavy atom. The van der Waals surface area contributed by atoms with E-state index in [-0.39, 0.29) is 28.8 Å². The molecule has 0 amide bonds. The first-order valence-electron chi connectivity index (χ1n) is 8.54. The number of methoxy groups -OCH3 is 2. The van der Waals surface area contributed by atoms with Gasteiger partial charge in [-0.05, 0) is 35.9 Å². The molecule has 3 aromatic rings. The zero-order valence-electron chi connectivity index (χ0n) is 15.7. The number of benzene rings is 2. The van der Waals surface area contributed by atoms with Crippen LogP contribution in [0, 0.1) is 0 Å². The van der Waals surface area contributed by atoms with Gasteiger partial charge < -0.3 is 24.1 Å². The van der Waals surface area contributed by atoms with Gasteiger partial charge >= 0.3 is 5.97 Å². The Bertz CT molecular complexity index is 1050. The van der Waals surface area contributed by atoms with Crippen LogP contribution in [0.5, 0.6) is 17.2 Å². The number of allylic oxidation sites excluding steroid dienone is 1. The number of rotatable bonds is 7. The molecule has 2 N–H and O–H groups in total. The van der Waals surface area contributed by atoms with Gasteiger partial charge in [-0.3, -0.25) is 4.79 Å². The van der Waals surface area contributed by atoms with Crippen LogP contribution in [0.1, 0.15) is 26.5 Å². The average Bonchev–Trinajstić information content (AvgIpc) is 3.23. The minimum Gasteiger partial charge on any atom is -0.502 e. The van der Waals surface area contributed by atoms with E-state index in [0.29, 0.717) is 22.5 Å². The molecule has 0 unspecified atom stereocenters. The van der Waals surface area contributed by atoms with Gasteiger partial charge in [0.1, 0.15) is 5.76 Å². The van der Waals surface area contributed by atoms with E-state index >= 15 is 0 Å². The van der Waals surface area contributed by atoms with Crippen molar-refractivity contribution in [3.63, 3.8) is 0 Å². The second-order valence-electron chi connectivity index (χ2n) is 6.02. The van der Waals surface area contributed by atoms with Crippen molar-refractivity contribution in [1.29, 1.82) is 0 Å². The summed E-state index contributed by atoms with van der Waals surface area (Å²) in [4.78, 5) is 23.3. The number of carbonyl (C=O) groups excluding carboxylic acids is 1. The molecular weight excluding hydrogens is 376 g/mol. The van der Waals surface area contributed by atoms with Gasteiger partial charge in [-0.1, -0.05) is 30.3 Å². The molecule has 0 radical (unpaired) electrons. The third kappa shape index (κ3) is 4.30. The first-order valence-corrected chi connectivity index (χ1v) is 8.54. The monoisotopic (exact) mass is 394 g/mol. The van der Waals surface area contributed by atoms with Crippen molar-refractivity contribution in [2.75, 3.05) is 14.2 Å². The van der Waals surface area contributed by atoms with E-state index in [4.69, 9.17) is 19.0 Å². The predicted octanol–water partition coefficient (Wildman–Crippen LogP) is 4.26. The quantitative estimate of drug-likeness (QED) is 0.455. The van der Waals surface area contributed by atoms with E-state index in [1.54, 1.807) is 48.5 Å². The maximum absolute atomic E-state index is 12.4. The largest absolute Gasteiger partial charge is 0.502 e.